The normalized spacial score (nSPS) is 15.9. The van der Waals surface area contributed by atoms with E-state index in [2.05, 4.69) is 10.6 Å². The van der Waals surface area contributed by atoms with Crippen molar-refractivity contribution in [3.05, 3.63) is 70.0 Å². The number of carbonyl (C=O) groups is 1. The van der Waals surface area contributed by atoms with Gasteiger partial charge in [-0.15, -0.1) is 0 Å². The summed E-state index contributed by atoms with van der Waals surface area (Å²) in [5.41, 5.74) is -0.782. The summed E-state index contributed by atoms with van der Waals surface area (Å²) >= 11 is 5.87. The number of nitrogens with one attached hydrogen (secondary N) is 2. The number of rotatable bonds is 5. The van der Waals surface area contributed by atoms with Gasteiger partial charge in [0, 0.05) is 30.2 Å². The number of benzene rings is 2. The van der Waals surface area contributed by atoms with E-state index >= 15 is 0 Å². The van der Waals surface area contributed by atoms with Crippen molar-refractivity contribution in [2.24, 2.45) is 5.41 Å². The summed E-state index contributed by atoms with van der Waals surface area (Å²) in [6.45, 7) is 0.763. The zero-order chi connectivity index (χ0) is 19.7. The quantitative estimate of drug-likeness (QED) is 0.746. The second-order valence-electron chi connectivity index (χ2n) is 6.67. The molecule has 144 valence electrons. The summed E-state index contributed by atoms with van der Waals surface area (Å²) in [6.07, 6.45) is -4.12. The van der Waals surface area contributed by atoms with E-state index in [1.165, 1.54) is 0 Å². The smallest absolute Gasteiger partial charge is 0.351 e. The minimum Gasteiger partial charge on any atom is -0.351 e. The largest absolute Gasteiger partial charge is 0.416 e. The van der Waals surface area contributed by atoms with Crippen LogP contribution in [0.4, 0.5) is 17.6 Å². The molecule has 0 unspecified atom stereocenters. The van der Waals surface area contributed by atoms with Crippen LogP contribution in [0.3, 0.4) is 0 Å². The third kappa shape index (κ3) is 4.42. The molecule has 3 rings (SSSR count). The van der Waals surface area contributed by atoms with Crippen LogP contribution in [0.2, 0.25) is 5.02 Å². The van der Waals surface area contributed by atoms with Gasteiger partial charge in [0.1, 0.15) is 5.82 Å². The Balaban J connectivity index is 1.66. The molecule has 0 bridgehead atoms. The van der Waals surface area contributed by atoms with Gasteiger partial charge in [-0.2, -0.15) is 13.2 Å². The van der Waals surface area contributed by atoms with Gasteiger partial charge >= 0.3 is 6.18 Å². The molecule has 0 aromatic heterocycles. The SMILES string of the molecule is O=C(NCc1ccc(C(F)(F)F)cc1F)C1(Cc2ccc(Cl)cc2)CNC1. The predicted molar refractivity (Wildman–Crippen MR) is 93.7 cm³/mol. The van der Waals surface area contributed by atoms with Gasteiger partial charge < -0.3 is 10.6 Å². The molecule has 0 radical (unpaired) electrons. The average molecular weight is 401 g/mol. The Hall–Kier alpha value is -2.12. The van der Waals surface area contributed by atoms with Crippen molar-refractivity contribution in [1.82, 2.24) is 10.6 Å². The fourth-order valence-electron chi connectivity index (χ4n) is 3.02. The predicted octanol–water partition coefficient (Wildman–Crippen LogP) is 3.95. The number of halogens is 5. The van der Waals surface area contributed by atoms with Crippen LogP contribution in [0.5, 0.6) is 0 Å². The Labute approximate surface area is 158 Å². The summed E-state index contributed by atoms with van der Waals surface area (Å²) in [5, 5.41) is 6.31. The molecule has 8 heteroatoms. The second kappa shape index (κ2) is 7.48. The molecule has 1 amide bonds. The maximum atomic E-state index is 13.9. The van der Waals surface area contributed by atoms with E-state index in [4.69, 9.17) is 11.6 Å². The summed E-state index contributed by atoms with van der Waals surface area (Å²) in [4.78, 5) is 12.6. The summed E-state index contributed by atoms with van der Waals surface area (Å²) in [6, 6.07) is 9.45. The maximum Gasteiger partial charge on any atom is 0.416 e. The lowest BCUT2D eigenvalue weighted by Crippen LogP contribution is -2.62. The molecule has 1 heterocycles. The highest BCUT2D eigenvalue weighted by Gasteiger charge is 2.44. The minimum atomic E-state index is -4.61. The van der Waals surface area contributed by atoms with E-state index in [1.54, 1.807) is 12.1 Å². The van der Waals surface area contributed by atoms with Crippen molar-refractivity contribution < 1.29 is 22.4 Å². The molecular formula is C19H17ClF4N2O. The molecule has 1 aliphatic rings. The van der Waals surface area contributed by atoms with Crippen LogP contribution < -0.4 is 10.6 Å². The number of hydrogen-bond acceptors (Lipinski definition) is 2. The van der Waals surface area contributed by atoms with E-state index in [-0.39, 0.29) is 18.0 Å². The van der Waals surface area contributed by atoms with Crippen LogP contribution in [-0.2, 0) is 23.9 Å². The molecule has 0 atom stereocenters. The van der Waals surface area contributed by atoms with Gasteiger partial charge in [-0.05, 0) is 36.2 Å². The highest BCUT2D eigenvalue weighted by Crippen LogP contribution is 2.31. The van der Waals surface area contributed by atoms with Crippen molar-refractivity contribution in [2.75, 3.05) is 13.1 Å². The van der Waals surface area contributed by atoms with Crippen molar-refractivity contribution in [3.63, 3.8) is 0 Å². The number of alkyl halides is 3. The number of hydrogen-bond donors (Lipinski definition) is 2. The highest BCUT2D eigenvalue weighted by molar-refractivity contribution is 6.30. The van der Waals surface area contributed by atoms with E-state index in [1.807, 2.05) is 12.1 Å². The monoisotopic (exact) mass is 400 g/mol. The number of carbonyl (C=O) groups excluding carboxylic acids is 1. The van der Waals surface area contributed by atoms with Gasteiger partial charge in [-0.25, -0.2) is 4.39 Å². The van der Waals surface area contributed by atoms with Crippen molar-refractivity contribution in [1.29, 1.82) is 0 Å². The van der Waals surface area contributed by atoms with E-state index < -0.39 is 23.0 Å². The Kier molecular flexibility index (Phi) is 5.44. The zero-order valence-electron chi connectivity index (χ0n) is 14.2. The van der Waals surface area contributed by atoms with E-state index in [9.17, 15) is 22.4 Å². The van der Waals surface area contributed by atoms with Crippen LogP contribution in [0, 0.1) is 11.2 Å². The number of amides is 1. The van der Waals surface area contributed by atoms with Crippen LogP contribution in [-0.4, -0.2) is 19.0 Å². The first-order chi connectivity index (χ1) is 12.7. The van der Waals surface area contributed by atoms with E-state index in [0.717, 1.165) is 17.7 Å². The van der Waals surface area contributed by atoms with E-state index in [0.29, 0.717) is 30.6 Å². The van der Waals surface area contributed by atoms with Crippen LogP contribution in [0.15, 0.2) is 42.5 Å². The topological polar surface area (TPSA) is 41.1 Å². The van der Waals surface area contributed by atoms with Gasteiger partial charge in [-0.1, -0.05) is 29.8 Å². The summed E-state index contributed by atoms with van der Waals surface area (Å²) in [5.74, 6) is -1.26. The van der Waals surface area contributed by atoms with Gasteiger partial charge in [-0.3, -0.25) is 4.79 Å². The summed E-state index contributed by atoms with van der Waals surface area (Å²) in [7, 11) is 0. The molecule has 2 aromatic carbocycles. The molecule has 1 fully saturated rings. The van der Waals surface area contributed by atoms with Gasteiger partial charge in [0.2, 0.25) is 5.91 Å². The first-order valence-electron chi connectivity index (χ1n) is 8.29. The molecule has 0 saturated carbocycles. The fourth-order valence-corrected chi connectivity index (χ4v) is 3.14. The molecule has 2 aromatic rings. The fraction of sp³-hybridized carbons (Fsp3) is 0.316. The lowest BCUT2D eigenvalue weighted by Gasteiger charge is -2.41. The maximum absolute atomic E-state index is 13.9. The van der Waals surface area contributed by atoms with Crippen molar-refractivity contribution in [3.8, 4) is 0 Å². The van der Waals surface area contributed by atoms with Crippen molar-refractivity contribution >= 4 is 17.5 Å². The van der Waals surface area contributed by atoms with Gasteiger partial charge in [0.15, 0.2) is 0 Å². The Morgan fingerprint density at radius 1 is 1.15 bits per heavy atom. The molecular weight excluding hydrogens is 384 g/mol. The lowest BCUT2D eigenvalue weighted by molar-refractivity contribution is -0.138. The third-order valence-electron chi connectivity index (χ3n) is 4.68. The van der Waals surface area contributed by atoms with Crippen LogP contribution >= 0.6 is 11.6 Å². The molecule has 1 aliphatic heterocycles. The molecule has 0 spiro atoms. The van der Waals surface area contributed by atoms with Crippen LogP contribution in [0.1, 0.15) is 16.7 Å². The van der Waals surface area contributed by atoms with Crippen molar-refractivity contribution in [2.45, 2.75) is 19.1 Å². The Morgan fingerprint density at radius 3 is 2.33 bits per heavy atom. The lowest BCUT2D eigenvalue weighted by atomic mass is 9.75. The molecule has 1 saturated heterocycles. The molecule has 27 heavy (non-hydrogen) atoms. The minimum absolute atomic E-state index is 0.00488. The average Bonchev–Trinajstić information content (AvgIpc) is 2.57. The summed E-state index contributed by atoms with van der Waals surface area (Å²) < 4.78 is 51.7. The molecule has 3 nitrogen and oxygen atoms in total. The van der Waals surface area contributed by atoms with Crippen LogP contribution in [0.25, 0.3) is 0 Å². The van der Waals surface area contributed by atoms with Gasteiger partial charge in [0.25, 0.3) is 0 Å². The third-order valence-corrected chi connectivity index (χ3v) is 4.94. The molecule has 0 aliphatic carbocycles. The highest BCUT2D eigenvalue weighted by atomic mass is 35.5. The standard InChI is InChI=1S/C19H17ClF4N2O/c20-15-5-1-12(2-6-15)8-18(10-25-11-18)17(27)26-9-13-3-4-14(7-16(13)21)19(22,23)24/h1-7,25H,8-11H2,(H,26,27). The zero-order valence-corrected chi connectivity index (χ0v) is 14.9. The Morgan fingerprint density at radius 2 is 1.81 bits per heavy atom. The Bertz CT molecular complexity index is 833. The first-order valence-corrected chi connectivity index (χ1v) is 8.66. The molecule has 2 N–H and O–H groups in total. The first kappa shape index (κ1) is 19.6. The second-order valence-corrected chi connectivity index (χ2v) is 7.11. The van der Waals surface area contributed by atoms with Gasteiger partial charge in [0.05, 0.1) is 11.0 Å².